The molecule has 1 aliphatic rings. The summed E-state index contributed by atoms with van der Waals surface area (Å²) in [5.74, 6) is 1.81. The van der Waals surface area contributed by atoms with Crippen LogP contribution in [0, 0.1) is 25.2 Å². The topological polar surface area (TPSA) is 187 Å². The summed E-state index contributed by atoms with van der Waals surface area (Å²) >= 11 is 0. The highest BCUT2D eigenvalue weighted by Crippen LogP contribution is 2.27. The van der Waals surface area contributed by atoms with E-state index < -0.39 is 0 Å². The second kappa shape index (κ2) is 8.13. The number of anilines is 3. The van der Waals surface area contributed by atoms with E-state index in [-0.39, 0.29) is 0 Å². The summed E-state index contributed by atoms with van der Waals surface area (Å²) in [7, 11) is 0. The van der Waals surface area contributed by atoms with Crippen molar-refractivity contribution in [3.8, 4) is 6.07 Å². The van der Waals surface area contributed by atoms with Gasteiger partial charge in [0.1, 0.15) is 23.3 Å². The van der Waals surface area contributed by atoms with Crippen LogP contribution in [0.2, 0.25) is 0 Å². The van der Waals surface area contributed by atoms with E-state index in [9.17, 15) is 0 Å². The van der Waals surface area contributed by atoms with Gasteiger partial charge in [0.25, 0.3) is 0 Å². The molecule has 0 saturated heterocycles. The number of nitrogen functional groups attached to an aromatic ring is 2. The number of hydrogen-bond donors (Lipinski definition) is 4. The largest absolute Gasteiger partial charge is 0.383 e. The van der Waals surface area contributed by atoms with Crippen LogP contribution in [0.5, 0.6) is 0 Å². The number of rotatable bonds is 1. The molecule has 5 aromatic heterocycles. The molecular weight excluding hydrogens is 432 g/mol. The highest BCUT2D eigenvalue weighted by molar-refractivity contribution is 5.90. The minimum Gasteiger partial charge on any atom is -0.383 e. The van der Waals surface area contributed by atoms with Crippen molar-refractivity contribution in [3.63, 3.8) is 0 Å². The Morgan fingerprint density at radius 2 is 1.85 bits per heavy atom. The van der Waals surface area contributed by atoms with Crippen LogP contribution in [0.3, 0.4) is 0 Å². The van der Waals surface area contributed by atoms with Gasteiger partial charge >= 0.3 is 0 Å². The average Bonchev–Trinajstić information content (AvgIpc) is 3.39. The zero-order chi connectivity index (χ0) is 24.0. The third-order valence-electron chi connectivity index (χ3n) is 5.96. The second-order valence-electron chi connectivity index (χ2n) is 8.04. The van der Waals surface area contributed by atoms with Crippen molar-refractivity contribution >= 4 is 39.8 Å². The van der Waals surface area contributed by atoms with Gasteiger partial charge in [-0.15, -0.1) is 10.2 Å². The van der Waals surface area contributed by atoms with Crippen molar-refractivity contribution in [2.75, 3.05) is 23.3 Å². The van der Waals surface area contributed by atoms with Crippen LogP contribution in [0.25, 0.3) is 22.3 Å². The quantitative estimate of drug-likeness (QED) is 0.287. The Labute approximate surface area is 194 Å². The summed E-state index contributed by atoms with van der Waals surface area (Å²) in [4.78, 5) is 13.1. The lowest BCUT2D eigenvalue weighted by Crippen LogP contribution is -2.11. The number of nitrogens with two attached hydrogens (primary N) is 3. The van der Waals surface area contributed by atoms with Gasteiger partial charge in [-0.3, -0.25) is 0 Å². The molecule has 0 unspecified atom stereocenters. The molecule has 0 bridgehead atoms. The number of hydrogen-bond acceptors (Lipinski definition) is 10. The maximum atomic E-state index is 9.01. The first-order valence-electron chi connectivity index (χ1n) is 10.8. The molecule has 0 fully saturated rings. The van der Waals surface area contributed by atoms with E-state index in [1.54, 1.807) is 17.6 Å². The Kier molecular flexibility index (Phi) is 5.10. The number of pyridine rings is 1. The number of aromatic nitrogens is 7. The molecule has 6 heterocycles. The van der Waals surface area contributed by atoms with Crippen molar-refractivity contribution in [2.45, 2.75) is 33.2 Å². The third kappa shape index (κ3) is 3.22. The van der Waals surface area contributed by atoms with E-state index in [1.807, 2.05) is 25.1 Å². The normalized spacial score (nSPS) is 12.8. The molecule has 34 heavy (non-hydrogen) atoms. The number of nitrogens with one attached hydrogen (secondary N) is 1. The lowest BCUT2D eigenvalue weighted by molar-refractivity contribution is 0.828. The molecular formula is C22H24N12. The van der Waals surface area contributed by atoms with E-state index >= 15 is 0 Å². The molecule has 0 saturated carbocycles. The third-order valence-corrected chi connectivity index (χ3v) is 5.96. The lowest BCUT2D eigenvalue weighted by Gasteiger charge is -2.11. The molecule has 0 aliphatic carbocycles. The van der Waals surface area contributed by atoms with E-state index in [2.05, 4.69) is 30.5 Å². The summed E-state index contributed by atoms with van der Waals surface area (Å²) < 4.78 is 3.17. The van der Waals surface area contributed by atoms with Crippen LogP contribution in [0.1, 0.15) is 34.5 Å². The van der Waals surface area contributed by atoms with Crippen LogP contribution in [-0.4, -0.2) is 40.7 Å². The molecule has 0 radical (unpaired) electrons. The molecule has 0 aromatic carbocycles. The van der Waals surface area contributed by atoms with E-state index in [4.69, 9.17) is 22.5 Å². The smallest absolute Gasteiger partial charge is 0.183 e. The highest BCUT2D eigenvalue weighted by atomic mass is 15.3. The monoisotopic (exact) mass is 456 g/mol. The molecule has 12 nitrogen and oxygen atoms in total. The Bertz CT molecular complexity index is 1600. The number of nitriles is 1. The molecule has 7 N–H and O–H groups in total. The van der Waals surface area contributed by atoms with Crippen LogP contribution in [0.4, 0.5) is 17.5 Å². The van der Waals surface area contributed by atoms with Gasteiger partial charge in [-0.25, -0.2) is 15.0 Å². The van der Waals surface area contributed by atoms with Crippen molar-refractivity contribution < 1.29 is 0 Å². The first-order valence-corrected chi connectivity index (χ1v) is 10.8. The second-order valence-corrected chi connectivity index (χ2v) is 8.04. The maximum Gasteiger partial charge on any atom is 0.183 e. The Morgan fingerprint density at radius 1 is 1.09 bits per heavy atom. The first kappa shape index (κ1) is 21.4. The minimum atomic E-state index is 0.299. The average molecular weight is 457 g/mol. The summed E-state index contributed by atoms with van der Waals surface area (Å²) in [6.45, 7) is 5.04. The molecule has 172 valence electrons. The minimum absolute atomic E-state index is 0.299. The lowest BCUT2D eigenvalue weighted by atomic mass is 10.1. The Hall–Kier alpha value is -4.50. The van der Waals surface area contributed by atoms with Gasteiger partial charge < -0.3 is 22.5 Å². The molecule has 6 rings (SSSR count). The number of aryl methyl sites for hydroxylation is 3. The fraction of sp³-hybridized carbons (Fsp3) is 0.273. The van der Waals surface area contributed by atoms with Gasteiger partial charge in [-0.2, -0.15) is 14.3 Å². The standard InChI is InChI=1S/C11H16N6.C11H8N6/c2*1-6-8(5-12)9(13)17-11(15-6)7-3-2-4-14-10(7)16-17/h2-5,12-13H2,1H3,(H,14,16);2-4H,13H2,1H3. The molecule has 5 aromatic rings. The Balaban J connectivity index is 0.000000142. The maximum absolute atomic E-state index is 9.01. The highest BCUT2D eigenvalue weighted by Gasteiger charge is 2.20. The van der Waals surface area contributed by atoms with E-state index in [0.29, 0.717) is 40.7 Å². The van der Waals surface area contributed by atoms with Crippen LogP contribution in [0.15, 0.2) is 18.3 Å². The zero-order valence-corrected chi connectivity index (χ0v) is 18.9. The van der Waals surface area contributed by atoms with Gasteiger partial charge in [0.15, 0.2) is 22.8 Å². The molecule has 1 aliphatic heterocycles. The zero-order valence-electron chi connectivity index (χ0n) is 18.9. The van der Waals surface area contributed by atoms with Crippen molar-refractivity contribution in [1.29, 1.82) is 5.26 Å². The number of nitrogens with zero attached hydrogens (tertiary/aromatic N) is 8. The summed E-state index contributed by atoms with van der Waals surface area (Å²) in [6.07, 6.45) is 3.76. The van der Waals surface area contributed by atoms with Crippen LogP contribution >= 0.6 is 0 Å². The fourth-order valence-electron chi connectivity index (χ4n) is 4.19. The van der Waals surface area contributed by atoms with E-state index in [1.165, 1.54) is 4.52 Å². The van der Waals surface area contributed by atoms with E-state index in [0.717, 1.165) is 53.1 Å². The van der Waals surface area contributed by atoms with Crippen LogP contribution in [-0.2, 0) is 13.0 Å². The van der Waals surface area contributed by atoms with Crippen molar-refractivity contribution in [2.24, 2.45) is 5.73 Å². The first-order chi connectivity index (χ1) is 16.4. The van der Waals surface area contributed by atoms with Gasteiger partial charge in [0, 0.05) is 36.1 Å². The van der Waals surface area contributed by atoms with Gasteiger partial charge in [0.05, 0.1) is 11.1 Å². The number of fused-ring (bicyclic) bond motifs is 6. The van der Waals surface area contributed by atoms with Crippen molar-refractivity contribution in [3.05, 3.63) is 46.4 Å². The predicted octanol–water partition coefficient (Wildman–Crippen LogP) is 1.48. The van der Waals surface area contributed by atoms with Gasteiger partial charge in [-0.1, -0.05) is 0 Å². The summed E-state index contributed by atoms with van der Waals surface area (Å²) in [5.41, 5.74) is 23.6. The molecule has 0 amide bonds. The SMILES string of the molecule is Cc1nc2c3c(nn2c(N)c1CN)NCCC3.Cc1nc2c3cccnc3nn2c(N)c1C#N. The van der Waals surface area contributed by atoms with Crippen LogP contribution < -0.4 is 22.5 Å². The summed E-state index contributed by atoms with van der Waals surface area (Å²) in [6, 6.07) is 5.72. The molecule has 12 heteroatoms. The Morgan fingerprint density at radius 3 is 2.62 bits per heavy atom. The molecule has 0 atom stereocenters. The summed E-state index contributed by atoms with van der Waals surface area (Å²) in [5, 5.41) is 21.8. The van der Waals surface area contributed by atoms with Gasteiger partial charge in [0.2, 0.25) is 0 Å². The predicted molar refractivity (Wildman–Crippen MR) is 129 cm³/mol. The van der Waals surface area contributed by atoms with Crippen molar-refractivity contribution in [1.82, 2.24) is 34.2 Å². The molecule has 0 spiro atoms. The fourth-order valence-corrected chi connectivity index (χ4v) is 4.19. The van der Waals surface area contributed by atoms with Gasteiger partial charge in [-0.05, 0) is 38.8 Å².